The maximum absolute atomic E-state index is 12.3. The van der Waals surface area contributed by atoms with Crippen LogP contribution in [0, 0.1) is 11.8 Å². The summed E-state index contributed by atoms with van der Waals surface area (Å²) >= 11 is 0. The molecule has 0 radical (unpaired) electrons. The van der Waals surface area contributed by atoms with E-state index in [0.717, 1.165) is 12.8 Å². The summed E-state index contributed by atoms with van der Waals surface area (Å²) in [6.45, 7) is 11.8. The average molecular weight is 582 g/mol. The van der Waals surface area contributed by atoms with Crippen LogP contribution in [0.3, 0.4) is 0 Å². The van der Waals surface area contributed by atoms with Gasteiger partial charge in [0, 0.05) is 19.3 Å². The lowest BCUT2D eigenvalue weighted by atomic mass is 9.86. The quantitative estimate of drug-likeness (QED) is 0.0900. The van der Waals surface area contributed by atoms with Crippen LogP contribution in [0.2, 0.25) is 0 Å². The Morgan fingerprint density at radius 1 is 0.878 bits per heavy atom. The van der Waals surface area contributed by atoms with E-state index >= 15 is 0 Å². The largest absolute Gasteiger partial charge is 0.513 e. The average Bonchev–Trinajstić information content (AvgIpc) is 2.85. The second-order valence-corrected chi connectivity index (χ2v) is 11.1. The van der Waals surface area contributed by atoms with Gasteiger partial charge >= 0.3 is 24.2 Å². The highest BCUT2D eigenvalue weighted by molar-refractivity contribution is 5.79. The summed E-state index contributed by atoms with van der Waals surface area (Å²) < 4.78 is 26.1. The van der Waals surface area contributed by atoms with Gasteiger partial charge in [-0.15, -0.1) is 0 Å². The summed E-state index contributed by atoms with van der Waals surface area (Å²) in [6, 6.07) is 4.21. The molecule has 0 aliphatic carbocycles. The molecule has 11 nitrogen and oxygen atoms in total. The molecule has 1 aromatic rings. The molecule has 0 fully saturated rings. The molecule has 0 spiro atoms. The summed E-state index contributed by atoms with van der Waals surface area (Å²) in [6.07, 6.45) is 0.952. The fraction of sp³-hybridized carbons (Fsp3) is 0.667. The molecule has 232 valence electrons. The molecule has 0 bridgehead atoms. The molecule has 1 rings (SSSR count). The Bertz CT molecular complexity index is 993. The Balaban J connectivity index is 3.08. The van der Waals surface area contributed by atoms with E-state index in [9.17, 15) is 24.3 Å². The molecule has 1 aromatic carbocycles. The number of carboxylic acids is 1. The number of unbranched alkanes of at least 4 members (excludes halogenated alkanes) is 2. The van der Waals surface area contributed by atoms with Crippen LogP contribution in [0.5, 0.6) is 11.5 Å². The predicted molar refractivity (Wildman–Crippen MR) is 152 cm³/mol. The van der Waals surface area contributed by atoms with E-state index < -0.39 is 35.9 Å². The van der Waals surface area contributed by atoms with Crippen molar-refractivity contribution in [3.8, 4) is 11.5 Å². The van der Waals surface area contributed by atoms with Crippen LogP contribution < -0.4 is 15.2 Å². The van der Waals surface area contributed by atoms with Gasteiger partial charge in [-0.1, -0.05) is 53.5 Å². The zero-order valence-corrected chi connectivity index (χ0v) is 25.2. The molecule has 0 aromatic heterocycles. The van der Waals surface area contributed by atoms with Crippen molar-refractivity contribution in [2.24, 2.45) is 17.6 Å². The van der Waals surface area contributed by atoms with Crippen LogP contribution in [-0.2, 0) is 30.2 Å². The van der Waals surface area contributed by atoms with Crippen LogP contribution in [0.4, 0.5) is 9.59 Å². The second-order valence-electron chi connectivity index (χ2n) is 11.1. The Morgan fingerprint density at radius 3 is 1.95 bits per heavy atom. The zero-order chi connectivity index (χ0) is 31.0. The predicted octanol–water partition coefficient (Wildman–Crippen LogP) is 6.04. The highest BCUT2D eigenvalue weighted by atomic mass is 16.7. The van der Waals surface area contributed by atoms with E-state index in [4.69, 9.17) is 29.4 Å². The zero-order valence-electron chi connectivity index (χ0n) is 25.2. The van der Waals surface area contributed by atoms with Gasteiger partial charge in [-0.3, -0.25) is 9.59 Å². The number of nitrogens with two attached hydrogens (primary N) is 1. The molecule has 0 amide bonds. The third kappa shape index (κ3) is 14.7. The molecular formula is C30H47NO10. The van der Waals surface area contributed by atoms with Gasteiger partial charge in [-0.2, -0.15) is 0 Å². The number of rotatable bonds is 18. The van der Waals surface area contributed by atoms with E-state index in [-0.39, 0.29) is 44.0 Å². The summed E-state index contributed by atoms with van der Waals surface area (Å²) in [7, 11) is 0. The Kier molecular flexibility index (Phi) is 15.8. The Hall–Kier alpha value is -3.34. The lowest BCUT2D eigenvalue weighted by Gasteiger charge is -2.28. The smallest absolute Gasteiger partial charge is 0.480 e. The van der Waals surface area contributed by atoms with Crippen molar-refractivity contribution in [2.75, 3.05) is 13.2 Å². The van der Waals surface area contributed by atoms with Gasteiger partial charge in [0.15, 0.2) is 11.5 Å². The summed E-state index contributed by atoms with van der Waals surface area (Å²) in [5, 5.41) is 9.94. The molecular weight excluding hydrogens is 534 g/mol. The number of carbonyl (C=O) groups excluding carboxylic acids is 3. The molecule has 3 N–H and O–H groups in total. The van der Waals surface area contributed by atoms with Crippen molar-refractivity contribution in [2.45, 2.75) is 105 Å². The second kappa shape index (κ2) is 18.2. The number of aliphatic carboxylic acids is 1. The first-order valence-electron chi connectivity index (χ1n) is 14.3. The highest BCUT2D eigenvalue weighted by Crippen LogP contribution is 2.31. The van der Waals surface area contributed by atoms with Crippen molar-refractivity contribution in [3.63, 3.8) is 0 Å². The molecule has 41 heavy (non-hydrogen) atoms. The number of esters is 1. The molecule has 0 saturated carbocycles. The third-order valence-corrected chi connectivity index (χ3v) is 6.14. The fourth-order valence-electron chi connectivity index (χ4n) is 3.78. The number of ether oxygens (including phenoxy) is 5. The molecule has 0 aliphatic rings. The van der Waals surface area contributed by atoms with Crippen LogP contribution in [0.1, 0.15) is 92.1 Å². The minimum atomic E-state index is -1.81. The molecule has 1 unspecified atom stereocenters. The lowest BCUT2D eigenvalue weighted by molar-refractivity contribution is -0.153. The molecule has 0 heterocycles. The van der Waals surface area contributed by atoms with Gasteiger partial charge in [0.2, 0.25) is 0 Å². The minimum absolute atomic E-state index is 0.114. The van der Waals surface area contributed by atoms with E-state index in [1.54, 1.807) is 6.92 Å². The molecule has 11 heteroatoms. The van der Waals surface area contributed by atoms with Crippen LogP contribution in [0.25, 0.3) is 0 Å². The summed E-state index contributed by atoms with van der Waals surface area (Å²) in [4.78, 5) is 48.9. The van der Waals surface area contributed by atoms with Gasteiger partial charge in [0.25, 0.3) is 0 Å². The van der Waals surface area contributed by atoms with Crippen molar-refractivity contribution in [1.82, 2.24) is 0 Å². The lowest BCUT2D eigenvalue weighted by Crippen LogP contribution is -2.52. The normalized spacial score (nSPS) is 13.3. The van der Waals surface area contributed by atoms with E-state index in [1.807, 2.05) is 34.6 Å². The SMILES string of the molecule is CCCCCC(=O)O[C@@H](C)CC(N)(Cc1ccc(OC(=O)OCCC(C)C)c(OC(=O)OCCC(C)C)c1)C(=O)O. The first-order valence-corrected chi connectivity index (χ1v) is 14.3. The van der Waals surface area contributed by atoms with Crippen molar-refractivity contribution in [3.05, 3.63) is 23.8 Å². The van der Waals surface area contributed by atoms with E-state index in [2.05, 4.69) is 0 Å². The number of hydrogen-bond acceptors (Lipinski definition) is 10. The third-order valence-electron chi connectivity index (χ3n) is 6.14. The topological polar surface area (TPSA) is 161 Å². The Morgan fingerprint density at radius 2 is 1.44 bits per heavy atom. The van der Waals surface area contributed by atoms with Crippen LogP contribution >= 0.6 is 0 Å². The highest BCUT2D eigenvalue weighted by Gasteiger charge is 2.37. The summed E-state index contributed by atoms with van der Waals surface area (Å²) in [5.41, 5.74) is 4.85. The molecule has 2 atom stereocenters. The maximum atomic E-state index is 12.3. The molecule has 0 saturated heterocycles. The first kappa shape index (κ1) is 35.7. The van der Waals surface area contributed by atoms with E-state index in [1.165, 1.54) is 18.2 Å². The van der Waals surface area contributed by atoms with Crippen molar-refractivity contribution < 1.29 is 48.0 Å². The van der Waals surface area contributed by atoms with Crippen molar-refractivity contribution >= 4 is 24.2 Å². The Labute approximate surface area is 243 Å². The first-order chi connectivity index (χ1) is 19.2. The fourth-order valence-corrected chi connectivity index (χ4v) is 3.78. The van der Waals surface area contributed by atoms with E-state index in [0.29, 0.717) is 36.7 Å². The monoisotopic (exact) mass is 581 g/mol. The number of benzene rings is 1. The maximum Gasteiger partial charge on any atom is 0.513 e. The van der Waals surface area contributed by atoms with Gasteiger partial charge in [0.1, 0.15) is 11.6 Å². The minimum Gasteiger partial charge on any atom is -0.480 e. The number of carbonyl (C=O) groups is 4. The van der Waals surface area contributed by atoms with Gasteiger partial charge in [-0.25, -0.2) is 9.59 Å². The van der Waals surface area contributed by atoms with Crippen LogP contribution in [0.15, 0.2) is 18.2 Å². The summed E-state index contributed by atoms with van der Waals surface area (Å²) in [5.74, 6) is -1.36. The van der Waals surface area contributed by atoms with Gasteiger partial charge in [0.05, 0.1) is 13.2 Å². The van der Waals surface area contributed by atoms with Gasteiger partial charge < -0.3 is 34.5 Å². The molecule has 0 aliphatic heterocycles. The standard InChI is InChI=1S/C30H47NO10/c1-7-8-9-10-26(32)39-22(6)18-30(31,27(33)34)19-23-11-12-24(40-28(35)37-15-13-20(2)3)25(17-23)41-29(36)38-16-14-21(4)5/h11-12,17,20-22H,7-10,13-16,18-19,31H2,1-6H3,(H,33,34)/t22-,30?/m0/s1. The number of hydrogen-bond donors (Lipinski definition) is 2. The van der Waals surface area contributed by atoms with Gasteiger partial charge in [-0.05, 0) is 55.7 Å². The van der Waals surface area contributed by atoms with Crippen molar-refractivity contribution in [1.29, 1.82) is 0 Å². The van der Waals surface area contributed by atoms with Crippen LogP contribution in [-0.4, -0.2) is 54.2 Å². The number of carboxylic acid groups (broad SMARTS) is 1.